The second-order valence-electron chi connectivity index (χ2n) is 3.96. The average Bonchev–Trinajstić information content (AvgIpc) is 2.34. The Hall–Kier alpha value is -1.33. The summed E-state index contributed by atoms with van der Waals surface area (Å²) in [6.07, 6.45) is 0. The first-order chi connectivity index (χ1) is 8.97. The second kappa shape index (κ2) is 5.75. The van der Waals surface area contributed by atoms with Gasteiger partial charge in [-0.25, -0.2) is 4.79 Å². The van der Waals surface area contributed by atoms with Crippen molar-refractivity contribution in [2.75, 3.05) is 0 Å². The lowest BCUT2D eigenvalue weighted by molar-refractivity contribution is 0.0697. The lowest BCUT2D eigenvalue weighted by atomic mass is 10.1. The predicted molar refractivity (Wildman–Crippen MR) is 80.1 cm³/mol. The van der Waals surface area contributed by atoms with Crippen molar-refractivity contribution in [2.45, 2.75) is 6.92 Å². The van der Waals surface area contributed by atoms with Crippen LogP contribution in [0.3, 0.4) is 0 Å². The Balaban J connectivity index is 2.31. The molecule has 19 heavy (non-hydrogen) atoms. The van der Waals surface area contributed by atoms with E-state index in [1.807, 2.05) is 25.1 Å². The largest absolute Gasteiger partial charge is 0.478 e. The summed E-state index contributed by atoms with van der Waals surface area (Å²) in [5.41, 5.74) is 1.02. The van der Waals surface area contributed by atoms with E-state index in [4.69, 9.17) is 9.84 Å². The first-order valence-corrected chi connectivity index (χ1v) is 7.03. The summed E-state index contributed by atoms with van der Waals surface area (Å²) in [6.45, 7) is 1.81. The first kappa shape index (κ1) is 14.1. The van der Waals surface area contributed by atoms with Gasteiger partial charge in [0.05, 0.1) is 10.0 Å². The molecule has 2 aromatic carbocycles. The molecule has 3 nitrogen and oxygen atoms in total. The van der Waals surface area contributed by atoms with E-state index >= 15 is 0 Å². The van der Waals surface area contributed by atoms with Crippen molar-refractivity contribution in [3.05, 3.63) is 56.5 Å². The molecular formula is C14H10Br2O3. The molecule has 1 N–H and O–H groups in total. The minimum Gasteiger partial charge on any atom is -0.478 e. The standard InChI is InChI=1S/C14H10Br2O3/c1-8-6-9(14(17)18)2-4-12(8)19-13-5-3-10(15)7-11(13)16/h2-7H,1H3,(H,17,18). The van der Waals surface area contributed by atoms with E-state index in [0.717, 1.165) is 14.5 Å². The molecule has 0 fully saturated rings. The summed E-state index contributed by atoms with van der Waals surface area (Å²) >= 11 is 6.79. The van der Waals surface area contributed by atoms with Gasteiger partial charge in [0.1, 0.15) is 11.5 Å². The molecule has 0 aliphatic rings. The van der Waals surface area contributed by atoms with Crippen LogP contribution in [0.15, 0.2) is 45.3 Å². The molecular weight excluding hydrogens is 376 g/mol. The fourth-order valence-corrected chi connectivity index (χ4v) is 2.70. The number of carboxylic acids is 1. The Morgan fingerprint density at radius 3 is 2.37 bits per heavy atom. The van der Waals surface area contributed by atoms with Gasteiger partial charge in [-0.05, 0) is 64.8 Å². The highest BCUT2D eigenvalue weighted by Crippen LogP contribution is 2.33. The Kier molecular flexibility index (Phi) is 4.27. The van der Waals surface area contributed by atoms with Crippen molar-refractivity contribution in [2.24, 2.45) is 0 Å². The van der Waals surface area contributed by atoms with Gasteiger partial charge >= 0.3 is 5.97 Å². The highest BCUT2D eigenvalue weighted by Gasteiger charge is 2.09. The molecule has 0 atom stereocenters. The van der Waals surface area contributed by atoms with E-state index < -0.39 is 5.97 Å². The monoisotopic (exact) mass is 384 g/mol. The summed E-state index contributed by atoms with van der Waals surface area (Å²) in [4.78, 5) is 10.9. The zero-order valence-electron chi connectivity index (χ0n) is 9.98. The molecule has 5 heteroatoms. The minimum atomic E-state index is -0.945. The quantitative estimate of drug-likeness (QED) is 0.807. The van der Waals surface area contributed by atoms with Gasteiger partial charge < -0.3 is 9.84 Å². The van der Waals surface area contributed by atoms with Crippen LogP contribution in [0.4, 0.5) is 0 Å². The number of halogens is 2. The van der Waals surface area contributed by atoms with Crippen LogP contribution in [0, 0.1) is 6.92 Å². The SMILES string of the molecule is Cc1cc(C(=O)O)ccc1Oc1ccc(Br)cc1Br. The van der Waals surface area contributed by atoms with E-state index in [0.29, 0.717) is 11.5 Å². The smallest absolute Gasteiger partial charge is 0.335 e. The van der Waals surface area contributed by atoms with Gasteiger partial charge in [-0.3, -0.25) is 0 Å². The van der Waals surface area contributed by atoms with E-state index in [9.17, 15) is 4.79 Å². The Morgan fingerprint density at radius 1 is 1.11 bits per heavy atom. The van der Waals surface area contributed by atoms with Crippen LogP contribution in [0.25, 0.3) is 0 Å². The number of hydrogen-bond donors (Lipinski definition) is 1. The van der Waals surface area contributed by atoms with Crippen LogP contribution < -0.4 is 4.74 Å². The van der Waals surface area contributed by atoms with Crippen LogP contribution in [-0.4, -0.2) is 11.1 Å². The molecule has 0 aromatic heterocycles. The third-order valence-electron chi connectivity index (χ3n) is 2.54. The van der Waals surface area contributed by atoms with Crippen LogP contribution in [-0.2, 0) is 0 Å². The molecule has 0 aliphatic carbocycles. The van der Waals surface area contributed by atoms with Gasteiger partial charge in [-0.15, -0.1) is 0 Å². The zero-order chi connectivity index (χ0) is 14.0. The highest BCUT2D eigenvalue weighted by molar-refractivity contribution is 9.11. The predicted octanol–water partition coefficient (Wildman–Crippen LogP) is 5.01. The summed E-state index contributed by atoms with van der Waals surface area (Å²) < 4.78 is 7.54. The van der Waals surface area contributed by atoms with Crippen molar-refractivity contribution >= 4 is 37.8 Å². The lowest BCUT2D eigenvalue weighted by Crippen LogP contribution is -1.97. The van der Waals surface area contributed by atoms with Crippen LogP contribution in [0.2, 0.25) is 0 Å². The van der Waals surface area contributed by atoms with E-state index in [1.165, 1.54) is 6.07 Å². The van der Waals surface area contributed by atoms with Crippen molar-refractivity contribution in [3.63, 3.8) is 0 Å². The van der Waals surface area contributed by atoms with Crippen LogP contribution in [0.1, 0.15) is 15.9 Å². The number of ether oxygens (including phenoxy) is 1. The summed E-state index contributed by atoms with van der Waals surface area (Å²) in [5.74, 6) is 0.363. The molecule has 0 saturated heterocycles. The van der Waals surface area contributed by atoms with Crippen LogP contribution in [0.5, 0.6) is 11.5 Å². The Labute approximate surface area is 127 Å². The Morgan fingerprint density at radius 2 is 1.79 bits per heavy atom. The average molecular weight is 386 g/mol. The maximum Gasteiger partial charge on any atom is 0.335 e. The van der Waals surface area contributed by atoms with Crippen LogP contribution >= 0.6 is 31.9 Å². The number of carboxylic acid groups (broad SMARTS) is 1. The maximum absolute atomic E-state index is 10.9. The number of rotatable bonds is 3. The topological polar surface area (TPSA) is 46.5 Å². The number of benzene rings is 2. The molecule has 0 heterocycles. The number of hydrogen-bond acceptors (Lipinski definition) is 2. The fraction of sp³-hybridized carbons (Fsp3) is 0.0714. The third-order valence-corrected chi connectivity index (χ3v) is 3.65. The van der Waals surface area contributed by atoms with E-state index in [2.05, 4.69) is 31.9 Å². The molecule has 0 aliphatic heterocycles. The maximum atomic E-state index is 10.9. The second-order valence-corrected chi connectivity index (χ2v) is 5.73. The zero-order valence-corrected chi connectivity index (χ0v) is 13.2. The van der Waals surface area contributed by atoms with E-state index in [-0.39, 0.29) is 5.56 Å². The van der Waals surface area contributed by atoms with E-state index in [1.54, 1.807) is 12.1 Å². The molecule has 0 bridgehead atoms. The fourth-order valence-electron chi connectivity index (χ4n) is 1.57. The van der Waals surface area contributed by atoms with Crippen molar-refractivity contribution in [1.29, 1.82) is 0 Å². The summed E-state index contributed by atoms with van der Waals surface area (Å²) in [7, 11) is 0. The number of carbonyl (C=O) groups is 1. The van der Waals surface area contributed by atoms with Crippen molar-refractivity contribution < 1.29 is 14.6 Å². The normalized spacial score (nSPS) is 10.3. The Bertz CT molecular complexity index is 639. The molecule has 98 valence electrons. The molecule has 2 aromatic rings. The highest BCUT2D eigenvalue weighted by atomic mass is 79.9. The van der Waals surface area contributed by atoms with Gasteiger partial charge in [-0.2, -0.15) is 0 Å². The molecule has 0 saturated carbocycles. The lowest BCUT2D eigenvalue weighted by Gasteiger charge is -2.11. The molecule has 0 radical (unpaired) electrons. The van der Waals surface area contributed by atoms with Gasteiger partial charge in [0.25, 0.3) is 0 Å². The first-order valence-electron chi connectivity index (χ1n) is 5.44. The summed E-state index contributed by atoms with van der Waals surface area (Å²) in [5, 5.41) is 8.91. The van der Waals surface area contributed by atoms with Gasteiger partial charge in [0.2, 0.25) is 0 Å². The molecule has 0 spiro atoms. The van der Waals surface area contributed by atoms with Crippen molar-refractivity contribution in [1.82, 2.24) is 0 Å². The van der Waals surface area contributed by atoms with Gasteiger partial charge in [-0.1, -0.05) is 15.9 Å². The van der Waals surface area contributed by atoms with Gasteiger partial charge in [0, 0.05) is 4.47 Å². The summed E-state index contributed by atoms with van der Waals surface area (Å²) in [6, 6.07) is 10.4. The molecule has 2 rings (SSSR count). The third kappa shape index (κ3) is 3.36. The molecule has 0 unspecified atom stereocenters. The minimum absolute atomic E-state index is 0.250. The number of aromatic carboxylic acids is 1. The van der Waals surface area contributed by atoms with Gasteiger partial charge in [0.15, 0.2) is 0 Å². The molecule has 0 amide bonds. The number of aryl methyl sites for hydroxylation is 1. The van der Waals surface area contributed by atoms with Crippen molar-refractivity contribution in [3.8, 4) is 11.5 Å².